The molecule has 0 radical (unpaired) electrons. The summed E-state index contributed by atoms with van der Waals surface area (Å²) in [5.74, 6) is -0.850. The average Bonchev–Trinajstić information content (AvgIpc) is 2.96. The van der Waals surface area contributed by atoms with Gasteiger partial charge in [-0.15, -0.1) is 0 Å². The number of rotatable bonds is 5. The van der Waals surface area contributed by atoms with Gasteiger partial charge < -0.3 is 10.1 Å². The van der Waals surface area contributed by atoms with Crippen LogP contribution in [0.3, 0.4) is 0 Å². The molecule has 26 heavy (non-hydrogen) atoms. The highest BCUT2D eigenvalue weighted by atomic mass is 35.5. The summed E-state index contributed by atoms with van der Waals surface area (Å²) in [6.07, 6.45) is -0.722. The summed E-state index contributed by atoms with van der Waals surface area (Å²) in [7, 11) is 0. The predicted octanol–water partition coefficient (Wildman–Crippen LogP) is 3.44. The van der Waals surface area contributed by atoms with Crippen LogP contribution in [0.4, 0.5) is 4.79 Å². The molecular weight excluding hydrogens is 379 g/mol. The lowest BCUT2D eigenvalue weighted by Crippen LogP contribution is -2.40. The van der Waals surface area contributed by atoms with Crippen molar-refractivity contribution in [2.45, 2.75) is 6.04 Å². The molecule has 3 amide bonds. The first kappa shape index (κ1) is 18.2. The van der Waals surface area contributed by atoms with E-state index in [0.29, 0.717) is 10.6 Å². The SMILES string of the molecule is O=C(N[C@H](CN1C(=O)COC1=O)c1ccccc1)c1ccc(Cl)c(Cl)c1. The van der Waals surface area contributed by atoms with Gasteiger partial charge in [0.1, 0.15) is 0 Å². The Bertz CT molecular complexity index is 842. The van der Waals surface area contributed by atoms with Crippen molar-refractivity contribution in [3.05, 3.63) is 69.7 Å². The highest BCUT2D eigenvalue weighted by molar-refractivity contribution is 6.42. The summed E-state index contributed by atoms with van der Waals surface area (Å²) >= 11 is 11.8. The van der Waals surface area contributed by atoms with Crippen LogP contribution in [0.25, 0.3) is 0 Å². The number of ether oxygens (including phenoxy) is 1. The summed E-state index contributed by atoms with van der Waals surface area (Å²) < 4.78 is 4.73. The fourth-order valence-corrected chi connectivity index (χ4v) is 2.84. The third kappa shape index (κ3) is 3.98. The first-order chi connectivity index (χ1) is 12.5. The van der Waals surface area contributed by atoms with Gasteiger partial charge in [-0.2, -0.15) is 0 Å². The quantitative estimate of drug-likeness (QED) is 0.845. The van der Waals surface area contributed by atoms with Gasteiger partial charge in [0.05, 0.1) is 22.6 Å². The molecule has 1 fully saturated rings. The van der Waals surface area contributed by atoms with Gasteiger partial charge in [-0.1, -0.05) is 53.5 Å². The Balaban J connectivity index is 1.83. The van der Waals surface area contributed by atoms with Crippen LogP contribution >= 0.6 is 23.2 Å². The molecule has 0 aromatic heterocycles. The summed E-state index contributed by atoms with van der Waals surface area (Å²) in [4.78, 5) is 37.1. The molecule has 3 rings (SSSR count). The largest absolute Gasteiger partial charge is 0.439 e. The van der Waals surface area contributed by atoms with Gasteiger partial charge in [0.15, 0.2) is 6.61 Å². The third-order valence-corrected chi connectivity index (χ3v) is 4.63. The number of carbonyl (C=O) groups excluding carboxylic acids is 3. The zero-order valence-corrected chi connectivity index (χ0v) is 15.0. The van der Waals surface area contributed by atoms with Gasteiger partial charge >= 0.3 is 6.09 Å². The van der Waals surface area contributed by atoms with Crippen molar-refractivity contribution in [2.75, 3.05) is 13.2 Å². The maximum absolute atomic E-state index is 12.6. The maximum atomic E-state index is 12.6. The molecule has 0 bridgehead atoms. The fourth-order valence-electron chi connectivity index (χ4n) is 2.54. The smallest absolute Gasteiger partial charge is 0.417 e. The highest BCUT2D eigenvalue weighted by Crippen LogP contribution is 2.23. The minimum absolute atomic E-state index is 0.0330. The molecule has 0 aliphatic carbocycles. The minimum atomic E-state index is -0.722. The monoisotopic (exact) mass is 392 g/mol. The number of imide groups is 1. The van der Waals surface area contributed by atoms with Crippen molar-refractivity contribution in [3.8, 4) is 0 Å². The van der Waals surface area contributed by atoms with E-state index in [4.69, 9.17) is 27.9 Å². The van der Waals surface area contributed by atoms with Crippen LogP contribution in [0.2, 0.25) is 10.0 Å². The van der Waals surface area contributed by atoms with E-state index in [1.54, 1.807) is 30.3 Å². The number of halogens is 2. The van der Waals surface area contributed by atoms with Gasteiger partial charge in [0.25, 0.3) is 11.8 Å². The molecule has 2 aromatic rings. The van der Waals surface area contributed by atoms with Gasteiger partial charge in [-0.3, -0.25) is 9.59 Å². The summed E-state index contributed by atoms with van der Waals surface area (Å²) in [6, 6.07) is 13.0. The molecular formula is C18H14Cl2N2O4. The number of nitrogens with zero attached hydrogens (tertiary/aromatic N) is 1. The Morgan fingerprint density at radius 1 is 1.12 bits per heavy atom. The molecule has 0 spiro atoms. The van der Waals surface area contributed by atoms with E-state index in [1.807, 2.05) is 6.07 Å². The molecule has 1 heterocycles. The molecule has 1 N–H and O–H groups in total. The third-order valence-electron chi connectivity index (χ3n) is 3.89. The zero-order chi connectivity index (χ0) is 18.7. The number of hydrogen-bond donors (Lipinski definition) is 1. The van der Waals surface area contributed by atoms with Crippen LogP contribution in [0.15, 0.2) is 48.5 Å². The van der Waals surface area contributed by atoms with E-state index in [0.717, 1.165) is 10.5 Å². The van der Waals surface area contributed by atoms with Gasteiger partial charge in [0, 0.05) is 5.56 Å². The Kier molecular flexibility index (Phi) is 5.44. The number of hydrogen-bond acceptors (Lipinski definition) is 4. The van der Waals surface area contributed by atoms with Gasteiger partial charge in [0.2, 0.25) is 0 Å². The molecule has 1 aliphatic heterocycles. The van der Waals surface area contributed by atoms with Gasteiger partial charge in [-0.25, -0.2) is 9.69 Å². The highest BCUT2D eigenvalue weighted by Gasteiger charge is 2.33. The Morgan fingerprint density at radius 2 is 1.85 bits per heavy atom. The Labute approximate surface area is 159 Å². The van der Waals surface area contributed by atoms with Crippen molar-refractivity contribution >= 4 is 41.1 Å². The van der Waals surface area contributed by atoms with E-state index < -0.39 is 23.9 Å². The second-order valence-corrected chi connectivity index (χ2v) is 6.44. The summed E-state index contributed by atoms with van der Waals surface area (Å²) in [5, 5.41) is 3.42. The zero-order valence-electron chi connectivity index (χ0n) is 13.4. The number of nitrogens with one attached hydrogen (secondary N) is 1. The Morgan fingerprint density at radius 3 is 2.46 bits per heavy atom. The molecule has 8 heteroatoms. The number of cyclic esters (lactones) is 1. The van der Waals surface area contributed by atoms with Crippen molar-refractivity contribution in [1.29, 1.82) is 0 Å². The van der Waals surface area contributed by atoms with E-state index in [9.17, 15) is 14.4 Å². The number of carbonyl (C=O) groups is 3. The lowest BCUT2D eigenvalue weighted by Gasteiger charge is -2.23. The van der Waals surface area contributed by atoms with Crippen molar-refractivity contribution in [1.82, 2.24) is 10.2 Å². The lowest BCUT2D eigenvalue weighted by atomic mass is 10.1. The summed E-state index contributed by atoms with van der Waals surface area (Å²) in [6.45, 7) is -0.324. The van der Waals surface area contributed by atoms with E-state index in [1.165, 1.54) is 12.1 Å². The van der Waals surface area contributed by atoms with Gasteiger partial charge in [-0.05, 0) is 23.8 Å². The molecule has 1 aliphatic rings. The molecule has 134 valence electrons. The normalized spacial score (nSPS) is 14.9. The van der Waals surface area contributed by atoms with Crippen LogP contribution in [0, 0.1) is 0 Å². The second kappa shape index (κ2) is 7.76. The lowest BCUT2D eigenvalue weighted by molar-refractivity contribution is -0.126. The number of amides is 3. The molecule has 1 atom stereocenters. The molecule has 2 aromatic carbocycles. The van der Waals surface area contributed by atoms with Crippen LogP contribution < -0.4 is 5.32 Å². The first-order valence-electron chi connectivity index (χ1n) is 7.73. The standard InChI is InChI=1S/C18H14Cl2N2O4/c19-13-7-6-12(8-14(13)20)17(24)21-15(11-4-2-1-3-5-11)9-22-16(23)10-26-18(22)25/h1-8,15H,9-10H2,(H,21,24)/t15-/m1/s1. The molecule has 0 saturated carbocycles. The van der Waals surface area contributed by atoms with Crippen molar-refractivity contribution < 1.29 is 19.1 Å². The van der Waals surface area contributed by atoms with Crippen LogP contribution in [-0.4, -0.2) is 36.0 Å². The maximum Gasteiger partial charge on any atom is 0.417 e. The minimum Gasteiger partial charge on any atom is -0.439 e. The van der Waals surface area contributed by atoms with Crippen LogP contribution in [0.5, 0.6) is 0 Å². The van der Waals surface area contributed by atoms with Crippen molar-refractivity contribution in [3.63, 3.8) is 0 Å². The predicted molar refractivity (Wildman–Crippen MR) is 96.2 cm³/mol. The first-order valence-corrected chi connectivity index (χ1v) is 8.49. The topological polar surface area (TPSA) is 75.7 Å². The summed E-state index contributed by atoms with van der Waals surface area (Å²) in [5.41, 5.74) is 1.06. The fraction of sp³-hybridized carbons (Fsp3) is 0.167. The van der Waals surface area contributed by atoms with Crippen molar-refractivity contribution in [2.24, 2.45) is 0 Å². The Hall–Kier alpha value is -2.57. The molecule has 0 unspecified atom stereocenters. The van der Waals surface area contributed by atoms with E-state index in [-0.39, 0.29) is 18.2 Å². The molecule has 6 nitrogen and oxygen atoms in total. The van der Waals surface area contributed by atoms with E-state index in [2.05, 4.69) is 5.32 Å². The van der Waals surface area contributed by atoms with Crippen LogP contribution in [-0.2, 0) is 9.53 Å². The number of benzene rings is 2. The van der Waals surface area contributed by atoms with E-state index >= 15 is 0 Å². The molecule has 1 saturated heterocycles. The average molecular weight is 393 g/mol. The second-order valence-electron chi connectivity index (χ2n) is 5.62. The van der Waals surface area contributed by atoms with Crippen LogP contribution in [0.1, 0.15) is 22.0 Å².